The molecular formula is C19H27N3O3. The number of carbonyl (C=O) groups excluding carboxylic acids is 2. The van der Waals surface area contributed by atoms with Crippen molar-refractivity contribution in [3.63, 3.8) is 0 Å². The van der Waals surface area contributed by atoms with Crippen LogP contribution in [0.3, 0.4) is 0 Å². The van der Waals surface area contributed by atoms with Crippen LogP contribution in [0.4, 0.5) is 4.79 Å². The van der Waals surface area contributed by atoms with E-state index in [9.17, 15) is 9.59 Å². The van der Waals surface area contributed by atoms with E-state index in [1.165, 1.54) is 12.7 Å². The number of amides is 2. The van der Waals surface area contributed by atoms with E-state index in [2.05, 4.69) is 22.3 Å². The molecule has 1 aromatic rings. The lowest BCUT2D eigenvalue weighted by Crippen LogP contribution is -2.51. The number of nitrogens with one attached hydrogen (secondary N) is 1. The molecule has 25 heavy (non-hydrogen) atoms. The molecule has 6 heteroatoms. The van der Waals surface area contributed by atoms with Crippen LogP contribution >= 0.6 is 0 Å². The number of hydrogen-bond donors (Lipinski definition) is 1. The first kappa shape index (κ1) is 17.7. The van der Waals surface area contributed by atoms with Gasteiger partial charge in [0.1, 0.15) is 0 Å². The van der Waals surface area contributed by atoms with Gasteiger partial charge in [-0.1, -0.05) is 30.3 Å². The number of ether oxygens (including phenoxy) is 1. The largest absolute Gasteiger partial charge is 0.453 e. The summed E-state index contributed by atoms with van der Waals surface area (Å²) in [6, 6.07) is 10.4. The molecule has 2 heterocycles. The molecule has 0 unspecified atom stereocenters. The molecule has 136 valence electrons. The number of nitrogens with zero attached hydrogens (tertiary/aromatic N) is 2. The van der Waals surface area contributed by atoms with E-state index in [-0.39, 0.29) is 24.1 Å². The minimum atomic E-state index is -0.283. The topological polar surface area (TPSA) is 61.9 Å². The van der Waals surface area contributed by atoms with Crippen molar-refractivity contribution in [1.29, 1.82) is 0 Å². The number of piperidine rings is 1. The Hall–Kier alpha value is -2.08. The zero-order valence-corrected chi connectivity index (χ0v) is 14.8. The molecule has 2 saturated heterocycles. The van der Waals surface area contributed by atoms with Crippen molar-refractivity contribution in [2.24, 2.45) is 0 Å². The van der Waals surface area contributed by atoms with Crippen molar-refractivity contribution in [2.75, 3.05) is 26.7 Å². The van der Waals surface area contributed by atoms with Crippen LogP contribution in [0.5, 0.6) is 0 Å². The molecule has 3 rings (SSSR count). The van der Waals surface area contributed by atoms with Gasteiger partial charge >= 0.3 is 6.09 Å². The first-order chi connectivity index (χ1) is 12.2. The van der Waals surface area contributed by atoms with E-state index < -0.39 is 0 Å². The van der Waals surface area contributed by atoms with E-state index in [0.29, 0.717) is 13.1 Å². The van der Waals surface area contributed by atoms with Gasteiger partial charge in [-0.25, -0.2) is 4.79 Å². The fourth-order valence-electron chi connectivity index (χ4n) is 3.76. The molecule has 2 aliphatic heterocycles. The lowest BCUT2D eigenvalue weighted by molar-refractivity contribution is -0.126. The molecule has 0 radical (unpaired) electrons. The highest BCUT2D eigenvalue weighted by Crippen LogP contribution is 2.21. The highest BCUT2D eigenvalue weighted by atomic mass is 16.5. The number of benzene rings is 1. The summed E-state index contributed by atoms with van der Waals surface area (Å²) in [5, 5.41) is 3.19. The van der Waals surface area contributed by atoms with Crippen molar-refractivity contribution in [1.82, 2.24) is 15.1 Å². The molecule has 1 atom stereocenters. The predicted molar refractivity (Wildman–Crippen MR) is 95.0 cm³/mol. The Kier molecular flexibility index (Phi) is 5.91. The molecule has 2 aliphatic rings. The minimum absolute atomic E-state index is 0.0427. The highest BCUT2D eigenvalue weighted by Gasteiger charge is 2.32. The average Bonchev–Trinajstić information content (AvgIpc) is 3.11. The van der Waals surface area contributed by atoms with Crippen molar-refractivity contribution in [2.45, 2.75) is 44.3 Å². The normalized spacial score (nSPS) is 22.0. The van der Waals surface area contributed by atoms with Crippen LogP contribution in [0.25, 0.3) is 0 Å². The van der Waals surface area contributed by atoms with Gasteiger partial charge in [0.2, 0.25) is 5.91 Å². The van der Waals surface area contributed by atoms with Gasteiger partial charge in [0.15, 0.2) is 0 Å². The maximum atomic E-state index is 12.7. The third kappa shape index (κ3) is 4.51. The summed E-state index contributed by atoms with van der Waals surface area (Å²) in [5.41, 5.74) is 1.24. The zero-order valence-electron chi connectivity index (χ0n) is 14.8. The molecule has 2 amide bonds. The van der Waals surface area contributed by atoms with Crippen LogP contribution < -0.4 is 5.32 Å². The maximum absolute atomic E-state index is 12.7. The average molecular weight is 345 g/mol. The zero-order chi connectivity index (χ0) is 17.6. The summed E-state index contributed by atoms with van der Waals surface area (Å²) in [6.45, 7) is 3.06. The van der Waals surface area contributed by atoms with Gasteiger partial charge in [0, 0.05) is 25.7 Å². The van der Waals surface area contributed by atoms with Crippen molar-refractivity contribution >= 4 is 12.0 Å². The number of carbonyl (C=O) groups is 2. The van der Waals surface area contributed by atoms with E-state index in [1.54, 1.807) is 4.90 Å². The van der Waals surface area contributed by atoms with E-state index in [1.807, 2.05) is 18.2 Å². The second kappa shape index (κ2) is 8.34. The molecule has 0 saturated carbocycles. The van der Waals surface area contributed by atoms with Crippen LogP contribution in [0.1, 0.15) is 31.2 Å². The monoisotopic (exact) mass is 345 g/mol. The fourth-order valence-corrected chi connectivity index (χ4v) is 3.76. The van der Waals surface area contributed by atoms with Crippen molar-refractivity contribution in [3.05, 3.63) is 35.9 Å². The molecule has 0 spiro atoms. The molecular weight excluding hydrogens is 318 g/mol. The third-order valence-corrected chi connectivity index (χ3v) is 5.17. The molecule has 1 aromatic carbocycles. The molecule has 0 aromatic heterocycles. The summed E-state index contributed by atoms with van der Waals surface area (Å²) in [5.74, 6) is 0.130. The first-order valence-electron chi connectivity index (χ1n) is 9.08. The SMILES string of the molecule is COC(=O)N1CCC(NC(=O)[C@H]2CCCN2Cc2ccccc2)CC1. The smallest absolute Gasteiger partial charge is 0.409 e. The Morgan fingerprint density at radius 1 is 1.12 bits per heavy atom. The first-order valence-corrected chi connectivity index (χ1v) is 9.08. The van der Waals surface area contributed by atoms with Crippen LogP contribution in [-0.2, 0) is 16.1 Å². The van der Waals surface area contributed by atoms with Gasteiger partial charge < -0.3 is 15.0 Å². The van der Waals surface area contributed by atoms with Crippen LogP contribution in [0.2, 0.25) is 0 Å². The Morgan fingerprint density at radius 2 is 1.84 bits per heavy atom. The van der Waals surface area contributed by atoms with Gasteiger partial charge in [-0.05, 0) is 37.8 Å². The van der Waals surface area contributed by atoms with Crippen LogP contribution in [0.15, 0.2) is 30.3 Å². The lowest BCUT2D eigenvalue weighted by Gasteiger charge is -2.32. The molecule has 0 aliphatic carbocycles. The van der Waals surface area contributed by atoms with Gasteiger partial charge in [0.25, 0.3) is 0 Å². The van der Waals surface area contributed by atoms with Crippen molar-refractivity contribution < 1.29 is 14.3 Å². The van der Waals surface area contributed by atoms with Crippen LogP contribution in [-0.4, -0.2) is 60.6 Å². The molecule has 1 N–H and O–H groups in total. The fraction of sp³-hybridized carbons (Fsp3) is 0.579. The van der Waals surface area contributed by atoms with Gasteiger partial charge in [0.05, 0.1) is 13.2 Å². The summed E-state index contributed by atoms with van der Waals surface area (Å²) in [6.07, 6.45) is 3.26. The van der Waals surface area contributed by atoms with E-state index in [0.717, 1.165) is 38.8 Å². The molecule has 0 bridgehead atoms. The Morgan fingerprint density at radius 3 is 2.52 bits per heavy atom. The second-order valence-electron chi connectivity index (χ2n) is 6.85. The molecule has 6 nitrogen and oxygen atoms in total. The number of likely N-dealkylation sites (tertiary alicyclic amines) is 2. The number of rotatable bonds is 4. The van der Waals surface area contributed by atoms with Crippen molar-refractivity contribution in [3.8, 4) is 0 Å². The highest BCUT2D eigenvalue weighted by molar-refractivity contribution is 5.82. The summed E-state index contributed by atoms with van der Waals surface area (Å²) in [7, 11) is 1.40. The lowest BCUT2D eigenvalue weighted by atomic mass is 10.0. The van der Waals surface area contributed by atoms with Gasteiger partial charge in [-0.15, -0.1) is 0 Å². The van der Waals surface area contributed by atoms with Gasteiger partial charge in [-0.3, -0.25) is 9.69 Å². The second-order valence-corrected chi connectivity index (χ2v) is 6.85. The van der Waals surface area contributed by atoms with E-state index in [4.69, 9.17) is 4.74 Å². The summed E-state index contributed by atoms with van der Waals surface area (Å²) < 4.78 is 4.75. The summed E-state index contributed by atoms with van der Waals surface area (Å²) in [4.78, 5) is 28.2. The Labute approximate surface area is 149 Å². The molecule has 2 fully saturated rings. The predicted octanol–water partition coefficient (Wildman–Crippen LogP) is 2.00. The Balaban J connectivity index is 1.50. The van der Waals surface area contributed by atoms with Crippen LogP contribution in [0, 0.1) is 0 Å². The quantitative estimate of drug-likeness (QED) is 0.907. The standard InChI is InChI=1S/C19H27N3O3/c1-25-19(24)21-12-9-16(10-13-21)20-18(23)17-8-5-11-22(17)14-15-6-3-2-4-7-15/h2-4,6-7,16-17H,5,8-14H2,1H3,(H,20,23)/t17-/m1/s1. The number of hydrogen-bond acceptors (Lipinski definition) is 4. The van der Waals surface area contributed by atoms with Gasteiger partial charge in [-0.2, -0.15) is 0 Å². The summed E-state index contributed by atoms with van der Waals surface area (Å²) >= 11 is 0. The third-order valence-electron chi connectivity index (χ3n) is 5.17. The Bertz CT molecular complexity index is 585. The maximum Gasteiger partial charge on any atom is 0.409 e. The minimum Gasteiger partial charge on any atom is -0.453 e. The van der Waals surface area contributed by atoms with E-state index >= 15 is 0 Å². The number of methoxy groups -OCH3 is 1.